The van der Waals surface area contributed by atoms with Crippen LogP contribution in [0.15, 0.2) is 0 Å². The van der Waals surface area contributed by atoms with E-state index in [-0.39, 0.29) is 23.7 Å². The quantitative estimate of drug-likeness (QED) is 0.756. The van der Waals surface area contributed by atoms with E-state index >= 15 is 0 Å². The number of hydrogen-bond donors (Lipinski definition) is 1. The number of hydrogen-bond acceptors (Lipinski definition) is 3. The minimum atomic E-state index is -0.221. The van der Waals surface area contributed by atoms with Gasteiger partial charge in [0.1, 0.15) is 0 Å². The van der Waals surface area contributed by atoms with Crippen LogP contribution in [0.3, 0.4) is 0 Å². The standard InChI is InChI=1S/C13H23N3O2/c1-15-6-2-11(3-7-15)13(18)16-8-4-10(5-9-16)12(14)17/h10-11H,2-9H2,1H3,(H2,14,17). The molecule has 0 aliphatic carbocycles. The van der Waals surface area contributed by atoms with Gasteiger partial charge in [-0.2, -0.15) is 0 Å². The number of nitrogens with zero attached hydrogens (tertiary/aromatic N) is 2. The number of carbonyl (C=O) groups excluding carboxylic acids is 2. The van der Waals surface area contributed by atoms with Crippen molar-refractivity contribution in [1.82, 2.24) is 9.80 Å². The molecule has 18 heavy (non-hydrogen) atoms. The fourth-order valence-electron chi connectivity index (χ4n) is 2.90. The molecule has 5 heteroatoms. The molecule has 0 bridgehead atoms. The van der Waals surface area contributed by atoms with Gasteiger partial charge in [0.05, 0.1) is 0 Å². The molecule has 0 aromatic carbocycles. The van der Waals surface area contributed by atoms with Crippen LogP contribution in [0.4, 0.5) is 0 Å². The summed E-state index contributed by atoms with van der Waals surface area (Å²) in [5.74, 6) is 0.213. The number of piperidine rings is 2. The van der Waals surface area contributed by atoms with Crippen molar-refractivity contribution in [2.75, 3.05) is 33.2 Å². The van der Waals surface area contributed by atoms with Gasteiger partial charge in [0.15, 0.2) is 0 Å². The second-order valence-electron chi connectivity index (χ2n) is 5.58. The van der Waals surface area contributed by atoms with Crippen LogP contribution in [0.2, 0.25) is 0 Å². The van der Waals surface area contributed by atoms with E-state index < -0.39 is 0 Å². The van der Waals surface area contributed by atoms with Gasteiger partial charge in [-0.15, -0.1) is 0 Å². The van der Waals surface area contributed by atoms with Crippen molar-refractivity contribution in [2.45, 2.75) is 25.7 Å². The molecule has 0 spiro atoms. The zero-order valence-electron chi connectivity index (χ0n) is 11.1. The van der Waals surface area contributed by atoms with E-state index in [4.69, 9.17) is 5.73 Å². The molecule has 102 valence electrons. The van der Waals surface area contributed by atoms with Gasteiger partial charge in [0.25, 0.3) is 0 Å². The summed E-state index contributed by atoms with van der Waals surface area (Å²) >= 11 is 0. The number of primary amides is 1. The first-order chi connectivity index (χ1) is 8.58. The lowest BCUT2D eigenvalue weighted by atomic mass is 9.92. The van der Waals surface area contributed by atoms with E-state index in [2.05, 4.69) is 11.9 Å². The van der Waals surface area contributed by atoms with E-state index in [1.807, 2.05) is 4.90 Å². The predicted molar refractivity (Wildman–Crippen MR) is 68.7 cm³/mol. The minimum Gasteiger partial charge on any atom is -0.369 e. The van der Waals surface area contributed by atoms with Crippen LogP contribution in [0.1, 0.15) is 25.7 Å². The molecular formula is C13H23N3O2. The van der Waals surface area contributed by atoms with Gasteiger partial charge in [-0.3, -0.25) is 9.59 Å². The van der Waals surface area contributed by atoms with E-state index in [0.29, 0.717) is 13.1 Å². The minimum absolute atomic E-state index is 0.0356. The summed E-state index contributed by atoms with van der Waals surface area (Å²) in [6.07, 6.45) is 3.39. The first-order valence-corrected chi connectivity index (χ1v) is 6.84. The number of nitrogens with two attached hydrogens (primary N) is 1. The molecule has 5 nitrogen and oxygen atoms in total. The maximum atomic E-state index is 12.3. The number of rotatable bonds is 2. The highest BCUT2D eigenvalue weighted by Gasteiger charge is 2.31. The molecule has 2 N–H and O–H groups in total. The first-order valence-electron chi connectivity index (χ1n) is 6.84. The highest BCUT2D eigenvalue weighted by atomic mass is 16.2. The Morgan fingerprint density at radius 3 is 1.94 bits per heavy atom. The van der Waals surface area contributed by atoms with Gasteiger partial charge >= 0.3 is 0 Å². The molecule has 0 saturated carbocycles. The molecule has 0 aromatic heterocycles. The zero-order chi connectivity index (χ0) is 13.1. The topological polar surface area (TPSA) is 66.6 Å². The van der Waals surface area contributed by atoms with Crippen LogP contribution in [0.5, 0.6) is 0 Å². The van der Waals surface area contributed by atoms with E-state index in [1.165, 1.54) is 0 Å². The normalized spacial score (nSPS) is 24.2. The summed E-state index contributed by atoms with van der Waals surface area (Å²) in [6.45, 7) is 3.40. The molecule has 2 aliphatic rings. The summed E-state index contributed by atoms with van der Waals surface area (Å²) < 4.78 is 0. The van der Waals surface area contributed by atoms with Crippen molar-refractivity contribution in [3.8, 4) is 0 Å². The van der Waals surface area contributed by atoms with Crippen molar-refractivity contribution in [3.05, 3.63) is 0 Å². The molecule has 2 amide bonds. The van der Waals surface area contributed by atoms with Crippen molar-refractivity contribution in [1.29, 1.82) is 0 Å². The smallest absolute Gasteiger partial charge is 0.225 e. The average molecular weight is 253 g/mol. The zero-order valence-corrected chi connectivity index (χ0v) is 11.1. The second kappa shape index (κ2) is 5.69. The largest absolute Gasteiger partial charge is 0.369 e. The lowest BCUT2D eigenvalue weighted by molar-refractivity contribution is -0.139. The summed E-state index contributed by atoms with van der Waals surface area (Å²) in [5.41, 5.74) is 5.30. The Labute approximate surface area is 108 Å². The Hall–Kier alpha value is -1.10. The molecule has 0 radical (unpaired) electrons. The third-order valence-electron chi connectivity index (χ3n) is 4.28. The highest BCUT2D eigenvalue weighted by molar-refractivity contribution is 5.80. The molecule has 2 rings (SSSR count). The molecule has 0 atom stereocenters. The maximum absolute atomic E-state index is 12.3. The fourth-order valence-corrected chi connectivity index (χ4v) is 2.90. The Balaban J connectivity index is 1.82. The van der Waals surface area contributed by atoms with E-state index in [0.717, 1.165) is 38.8 Å². The molecule has 2 aliphatic heterocycles. The van der Waals surface area contributed by atoms with Crippen LogP contribution >= 0.6 is 0 Å². The van der Waals surface area contributed by atoms with Crippen molar-refractivity contribution in [2.24, 2.45) is 17.6 Å². The van der Waals surface area contributed by atoms with Gasteiger partial charge < -0.3 is 15.5 Å². The van der Waals surface area contributed by atoms with Gasteiger partial charge in [-0.1, -0.05) is 0 Å². The third-order valence-corrected chi connectivity index (χ3v) is 4.28. The van der Waals surface area contributed by atoms with E-state index in [9.17, 15) is 9.59 Å². The van der Waals surface area contributed by atoms with Crippen molar-refractivity contribution >= 4 is 11.8 Å². The van der Waals surface area contributed by atoms with Crippen LogP contribution in [-0.4, -0.2) is 54.8 Å². The van der Waals surface area contributed by atoms with Gasteiger partial charge in [0.2, 0.25) is 11.8 Å². The second-order valence-corrected chi connectivity index (χ2v) is 5.58. The maximum Gasteiger partial charge on any atom is 0.225 e. The lowest BCUT2D eigenvalue weighted by Crippen LogP contribution is -2.46. The SMILES string of the molecule is CN1CCC(C(=O)N2CCC(C(N)=O)CC2)CC1. The van der Waals surface area contributed by atoms with Crippen LogP contribution in [-0.2, 0) is 9.59 Å². The Morgan fingerprint density at radius 2 is 1.44 bits per heavy atom. The van der Waals surface area contributed by atoms with Gasteiger partial charge in [0, 0.05) is 24.9 Å². The third kappa shape index (κ3) is 3.02. The molecule has 2 heterocycles. The Morgan fingerprint density at radius 1 is 0.944 bits per heavy atom. The van der Waals surface area contributed by atoms with Crippen molar-refractivity contribution in [3.63, 3.8) is 0 Å². The molecule has 2 saturated heterocycles. The molecule has 0 unspecified atom stereocenters. The van der Waals surface area contributed by atoms with Gasteiger partial charge in [-0.05, 0) is 45.8 Å². The fraction of sp³-hybridized carbons (Fsp3) is 0.846. The highest BCUT2D eigenvalue weighted by Crippen LogP contribution is 2.23. The van der Waals surface area contributed by atoms with Crippen LogP contribution in [0.25, 0.3) is 0 Å². The van der Waals surface area contributed by atoms with Crippen LogP contribution in [0, 0.1) is 11.8 Å². The van der Waals surface area contributed by atoms with E-state index in [1.54, 1.807) is 0 Å². The molecule has 0 aromatic rings. The predicted octanol–water partition coefficient (Wildman–Crippen LogP) is 0.0521. The summed E-state index contributed by atoms with van der Waals surface area (Å²) in [4.78, 5) is 27.6. The summed E-state index contributed by atoms with van der Waals surface area (Å²) in [6, 6.07) is 0. The average Bonchev–Trinajstić information content (AvgIpc) is 2.39. The number of amides is 2. The van der Waals surface area contributed by atoms with Crippen molar-refractivity contribution < 1.29 is 9.59 Å². The number of likely N-dealkylation sites (tertiary alicyclic amines) is 2. The lowest BCUT2D eigenvalue weighted by Gasteiger charge is -2.35. The Bertz CT molecular complexity index is 316. The monoisotopic (exact) mass is 253 g/mol. The summed E-state index contributed by atoms with van der Waals surface area (Å²) in [5, 5.41) is 0. The molecular weight excluding hydrogens is 230 g/mol. The number of carbonyl (C=O) groups is 2. The first kappa shape index (κ1) is 13.3. The molecule has 2 fully saturated rings. The van der Waals surface area contributed by atoms with Crippen LogP contribution < -0.4 is 5.73 Å². The summed E-state index contributed by atoms with van der Waals surface area (Å²) in [7, 11) is 2.10. The Kier molecular flexibility index (Phi) is 4.22. The van der Waals surface area contributed by atoms with Gasteiger partial charge in [-0.25, -0.2) is 0 Å².